The number of nitrogens with one attached hydrogen (secondary N) is 2. The molecule has 0 aliphatic carbocycles. The van der Waals surface area contributed by atoms with Gasteiger partial charge in [0.15, 0.2) is 0 Å². The molecule has 0 radical (unpaired) electrons. The van der Waals surface area contributed by atoms with Gasteiger partial charge in [-0.05, 0) is 24.5 Å². The lowest BCUT2D eigenvalue weighted by Gasteiger charge is -2.08. The van der Waals surface area contributed by atoms with Gasteiger partial charge in [-0.2, -0.15) is 0 Å². The average molecular weight is 342 g/mol. The van der Waals surface area contributed by atoms with E-state index in [0.717, 1.165) is 12.1 Å². The van der Waals surface area contributed by atoms with Crippen molar-refractivity contribution in [1.29, 1.82) is 0 Å². The van der Waals surface area contributed by atoms with Crippen LogP contribution in [0.25, 0.3) is 0 Å². The van der Waals surface area contributed by atoms with Crippen LogP contribution in [0.5, 0.6) is 0 Å². The van der Waals surface area contributed by atoms with Gasteiger partial charge < -0.3 is 15.4 Å². The summed E-state index contributed by atoms with van der Waals surface area (Å²) in [7, 11) is 0. The monoisotopic (exact) mass is 342 g/mol. The van der Waals surface area contributed by atoms with Gasteiger partial charge in [0.05, 0.1) is 5.56 Å². The minimum atomic E-state index is -0.932. The summed E-state index contributed by atoms with van der Waals surface area (Å²) in [5.41, 5.74) is -0.251. The summed E-state index contributed by atoms with van der Waals surface area (Å²) in [6.07, 6.45) is 0.799. The van der Waals surface area contributed by atoms with Gasteiger partial charge in [0.25, 0.3) is 5.91 Å². The van der Waals surface area contributed by atoms with Crippen LogP contribution in [0.15, 0.2) is 18.2 Å². The van der Waals surface area contributed by atoms with E-state index in [1.54, 1.807) is 0 Å². The maximum absolute atomic E-state index is 13.4. The number of hydrogen-bond acceptors (Lipinski definition) is 3. The van der Waals surface area contributed by atoms with Crippen LogP contribution in [-0.4, -0.2) is 38.1 Å². The minimum absolute atomic E-state index is 0.0747. The molecule has 134 valence electrons. The van der Waals surface area contributed by atoms with Gasteiger partial charge in [0, 0.05) is 38.8 Å². The van der Waals surface area contributed by atoms with Crippen LogP contribution in [0.1, 0.15) is 37.0 Å². The SMILES string of the molecule is CC(C)COCCCNC(=O)CCNC(=O)c1ccc(F)cc1F. The lowest BCUT2D eigenvalue weighted by Crippen LogP contribution is -2.31. The van der Waals surface area contributed by atoms with E-state index in [4.69, 9.17) is 4.74 Å². The third kappa shape index (κ3) is 8.01. The van der Waals surface area contributed by atoms with E-state index in [1.807, 2.05) is 0 Å². The highest BCUT2D eigenvalue weighted by Crippen LogP contribution is 2.09. The van der Waals surface area contributed by atoms with Crippen molar-refractivity contribution in [3.63, 3.8) is 0 Å². The number of carbonyl (C=O) groups excluding carboxylic acids is 2. The van der Waals surface area contributed by atoms with Gasteiger partial charge >= 0.3 is 0 Å². The molecule has 1 aromatic rings. The molecule has 2 amide bonds. The third-order valence-electron chi connectivity index (χ3n) is 3.05. The molecule has 0 aliphatic heterocycles. The summed E-state index contributed by atoms with van der Waals surface area (Å²) in [5, 5.41) is 5.14. The first-order chi connectivity index (χ1) is 11.4. The van der Waals surface area contributed by atoms with E-state index in [0.29, 0.717) is 38.2 Å². The van der Waals surface area contributed by atoms with Crippen LogP contribution in [0.4, 0.5) is 8.78 Å². The Labute approximate surface area is 140 Å². The Morgan fingerprint density at radius 3 is 2.58 bits per heavy atom. The topological polar surface area (TPSA) is 67.4 Å². The van der Waals surface area contributed by atoms with Crippen molar-refractivity contribution in [3.05, 3.63) is 35.4 Å². The highest BCUT2D eigenvalue weighted by atomic mass is 19.1. The number of benzene rings is 1. The zero-order chi connectivity index (χ0) is 17.9. The Bertz CT molecular complexity index is 551. The van der Waals surface area contributed by atoms with Crippen LogP contribution >= 0.6 is 0 Å². The smallest absolute Gasteiger partial charge is 0.254 e. The molecule has 0 fully saturated rings. The first-order valence-electron chi connectivity index (χ1n) is 7.98. The van der Waals surface area contributed by atoms with Crippen molar-refractivity contribution in [2.75, 3.05) is 26.3 Å². The summed E-state index contributed by atoms with van der Waals surface area (Å²) in [6.45, 7) is 5.98. The summed E-state index contributed by atoms with van der Waals surface area (Å²) >= 11 is 0. The molecule has 5 nitrogen and oxygen atoms in total. The standard InChI is InChI=1S/C17H24F2N2O3/c1-12(2)11-24-9-3-7-20-16(22)6-8-21-17(23)14-5-4-13(18)10-15(14)19/h4-5,10,12H,3,6-9,11H2,1-2H3,(H,20,22)(H,21,23). The average Bonchev–Trinajstić information content (AvgIpc) is 2.50. The molecule has 1 rings (SSSR count). The fourth-order valence-electron chi connectivity index (χ4n) is 1.87. The fraction of sp³-hybridized carbons (Fsp3) is 0.529. The summed E-state index contributed by atoms with van der Waals surface area (Å²) in [5.74, 6) is -2.09. The Morgan fingerprint density at radius 1 is 1.17 bits per heavy atom. The second kappa shape index (κ2) is 10.7. The molecule has 0 saturated heterocycles. The predicted octanol–water partition coefficient (Wildman–Crippen LogP) is 2.26. The van der Waals surface area contributed by atoms with Crippen LogP contribution in [0.2, 0.25) is 0 Å². The lowest BCUT2D eigenvalue weighted by molar-refractivity contribution is -0.121. The van der Waals surface area contributed by atoms with Crippen LogP contribution < -0.4 is 10.6 Å². The first-order valence-corrected chi connectivity index (χ1v) is 7.98. The molecule has 2 N–H and O–H groups in total. The second-order valence-electron chi connectivity index (χ2n) is 5.80. The van der Waals surface area contributed by atoms with Gasteiger partial charge in [-0.1, -0.05) is 13.8 Å². The molecule has 0 bridgehead atoms. The van der Waals surface area contributed by atoms with Crippen molar-refractivity contribution >= 4 is 11.8 Å². The van der Waals surface area contributed by atoms with E-state index >= 15 is 0 Å². The number of hydrogen-bond donors (Lipinski definition) is 2. The number of halogens is 2. The normalized spacial score (nSPS) is 10.7. The Balaban J connectivity index is 2.15. The van der Waals surface area contributed by atoms with Crippen LogP contribution in [-0.2, 0) is 9.53 Å². The second-order valence-corrected chi connectivity index (χ2v) is 5.80. The molecule has 1 aromatic carbocycles. The summed E-state index contributed by atoms with van der Waals surface area (Å²) in [6, 6.07) is 2.71. The molecular weight excluding hydrogens is 318 g/mol. The lowest BCUT2D eigenvalue weighted by atomic mass is 10.2. The molecule has 24 heavy (non-hydrogen) atoms. The number of carbonyl (C=O) groups is 2. The van der Waals surface area contributed by atoms with E-state index in [2.05, 4.69) is 24.5 Å². The van der Waals surface area contributed by atoms with E-state index in [-0.39, 0.29) is 24.4 Å². The number of ether oxygens (including phenoxy) is 1. The molecule has 0 heterocycles. The largest absolute Gasteiger partial charge is 0.381 e. The Morgan fingerprint density at radius 2 is 1.92 bits per heavy atom. The number of amides is 2. The quantitative estimate of drug-likeness (QED) is 0.641. The molecule has 7 heteroatoms. The van der Waals surface area contributed by atoms with Crippen molar-refractivity contribution in [1.82, 2.24) is 10.6 Å². The molecule has 0 aromatic heterocycles. The zero-order valence-corrected chi connectivity index (χ0v) is 14.0. The summed E-state index contributed by atoms with van der Waals surface area (Å²) < 4.78 is 31.6. The fourth-order valence-corrected chi connectivity index (χ4v) is 1.87. The molecule has 0 aliphatic rings. The maximum atomic E-state index is 13.4. The van der Waals surface area contributed by atoms with Crippen LogP contribution in [0.3, 0.4) is 0 Å². The van der Waals surface area contributed by atoms with E-state index < -0.39 is 17.5 Å². The van der Waals surface area contributed by atoms with Crippen molar-refractivity contribution < 1.29 is 23.1 Å². The third-order valence-corrected chi connectivity index (χ3v) is 3.05. The van der Waals surface area contributed by atoms with Crippen molar-refractivity contribution in [2.24, 2.45) is 5.92 Å². The highest BCUT2D eigenvalue weighted by Gasteiger charge is 2.12. The minimum Gasteiger partial charge on any atom is -0.381 e. The van der Waals surface area contributed by atoms with Gasteiger partial charge in [0.2, 0.25) is 5.91 Å². The van der Waals surface area contributed by atoms with E-state index in [9.17, 15) is 18.4 Å². The maximum Gasteiger partial charge on any atom is 0.254 e. The number of rotatable bonds is 10. The van der Waals surface area contributed by atoms with Gasteiger partial charge in [0.1, 0.15) is 11.6 Å². The molecule has 0 spiro atoms. The molecule has 0 unspecified atom stereocenters. The van der Waals surface area contributed by atoms with Gasteiger partial charge in [-0.15, -0.1) is 0 Å². The highest BCUT2D eigenvalue weighted by molar-refractivity contribution is 5.94. The summed E-state index contributed by atoms with van der Waals surface area (Å²) in [4.78, 5) is 23.3. The van der Waals surface area contributed by atoms with E-state index in [1.165, 1.54) is 0 Å². The molecular formula is C17H24F2N2O3. The predicted molar refractivity (Wildman–Crippen MR) is 86.6 cm³/mol. The van der Waals surface area contributed by atoms with Crippen molar-refractivity contribution in [3.8, 4) is 0 Å². The van der Waals surface area contributed by atoms with Gasteiger partial charge in [-0.25, -0.2) is 8.78 Å². The Hall–Kier alpha value is -2.02. The molecule has 0 atom stereocenters. The molecule has 0 saturated carbocycles. The van der Waals surface area contributed by atoms with Crippen molar-refractivity contribution in [2.45, 2.75) is 26.7 Å². The van der Waals surface area contributed by atoms with Crippen LogP contribution in [0, 0.1) is 17.6 Å². The first kappa shape index (κ1) is 20.0. The van der Waals surface area contributed by atoms with Gasteiger partial charge in [-0.3, -0.25) is 9.59 Å². The zero-order valence-electron chi connectivity index (χ0n) is 14.0. The Kier molecular flexibility index (Phi) is 8.93.